The fourth-order valence-electron chi connectivity index (χ4n) is 1.97. The number of halogens is 3. The maximum Gasteiger partial charge on any atom is 0.534 e. The molecule has 0 aliphatic heterocycles. The van der Waals surface area contributed by atoms with Crippen molar-refractivity contribution in [1.82, 2.24) is 0 Å². The number of carbonyl (C=O) groups is 1. The van der Waals surface area contributed by atoms with E-state index in [2.05, 4.69) is 4.18 Å². The normalized spacial score (nSPS) is 18.4. The van der Waals surface area contributed by atoms with Gasteiger partial charge in [0.25, 0.3) is 0 Å². The monoisotopic (exact) mass is 350 g/mol. The van der Waals surface area contributed by atoms with Gasteiger partial charge in [0.15, 0.2) is 0 Å². The summed E-state index contributed by atoms with van der Waals surface area (Å²) in [6.07, 6.45) is 0.969. The molecule has 126 valence electrons. The minimum absolute atomic E-state index is 0.0349. The van der Waals surface area contributed by atoms with E-state index < -0.39 is 33.3 Å². The van der Waals surface area contributed by atoms with Gasteiger partial charge < -0.3 is 8.92 Å². The molecule has 1 unspecified atom stereocenters. The first kappa shape index (κ1) is 17.3. The van der Waals surface area contributed by atoms with Gasteiger partial charge in [-0.25, -0.2) is 0 Å². The Morgan fingerprint density at radius 3 is 2.48 bits per heavy atom. The Hall–Kier alpha value is -2.03. The van der Waals surface area contributed by atoms with Gasteiger partial charge in [0.1, 0.15) is 12.4 Å². The molecule has 0 radical (unpaired) electrons. The van der Waals surface area contributed by atoms with Crippen LogP contribution in [-0.4, -0.2) is 19.9 Å². The van der Waals surface area contributed by atoms with Crippen molar-refractivity contribution >= 4 is 16.1 Å². The number of hydrogen-bond acceptors (Lipinski definition) is 5. The SMILES string of the molecule is O=C(OCc1ccccc1)C1CC=C(OS(=O)(=O)C(F)(F)F)C1. The average molecular weight is 350 g/mol. The summed E-state index contributed by atoms with van der Waals surface area (Å²) in [6, 6.07) is 8.86. The van der Waals surface area contributed by atoms with Crippen LogP contribution in [0.5, 0.6) is 0 Å². The Labute approximate surface area is 130 Å². The fraction of sp³-hybridized carbons (Fsp3) is 0.357. The third-order valence-electron chi connectivity index (χ3n) is 3.14. The van der Waals surface area contributed by atoms with Gasteiger partial charge in [-0.15, -0.1) is 0 Å². The third-order valence-corrected chi connectivity index (χ3v) is 4.14. The number of carbonyl (C=O) groups excluding carboxylic acids is 1. The van der Waals surface area contributed by atoms with Gasteiger partial charge in [0.2, 0.25) is 0 Å². The number of benzene rings is 1. The number of hydrogen-bond donors (Lipinski definition) is 0. The van der Waals surface area contributed by atoms with Crippen molar-refractivity contribution in [2.45, 2.75) is 25.0 Å². The molecule has 1 aliphatic carbocycles. The van der Waals surface area contributed by atoms with Gasteiger partial charge >= 0.3 is 21.6 Å². The summed E-state index contributed by atoms with van der Waals surface area (Å²) in [6.45, 7) is 0.0349. The van der Waals surface area contributed by atoms with E-state index >= 15 is 0 Å². The quantitative estimate of drug-likeness (QED) is 0.464. The summed E-state index contributed by atoms with van der Waals surface area (Å²) in [7, 11) is -5.71. The number of alkyl halides is 3. The second-order valence-corrected chi connectivity index (χ2v) is 6.42. The summed E-state index contributed by atoms with van der Waals surface area (Å²) in [5.41, 5.74) is -4.73. The maximum atomic E-state index is 12.2. The average Bonchev–Trinajstić information content (AvgIpc) is 2.92. The Morgan fingerprint density at radius 2 is 1.87 bits per heavy atom. The van der Waals surface area contributed by atoms with E-state index in [1.165, 1.54) is 0 Å². The first-order valence-electron chi connectivity index (χ1n) is 6.59. The fourth-order valence-corrected chi connectivity index (χ4v) is 2.48. The predicted octanol–water partition coefficient (Wildman–Crippen LogP) is 2.89. The Kier molecular flexibility index (Phi) is 4.98. The summed E-state index contributed by atoms with van der Waals surface area (Å²) in [5, 5.41) is 0. The first-order chi connectivity index (χ1) is 10.7. The van der Waals surface area contributed by atoms with Crippen molar-refractivity contribution in [3.05, 3.63) is 47.7 Å². The molecule has 0 amide bonds. The van der Waals surface area contributed by atoms with E-state index in [9.17, 15) is 26.4 Å². The molecule has 0 saturated heterocycles. The molecule has 0 aromatic heterocycles. The number of allylic oxidation sites excluding steroid dienone is 2. The molecular formula is C14H13F3O5S. The number of esters is 1. The van der Waals surface area contributed by atoms with Crippen molar-refractivity contribution in [3.8, 4) is 0 Å². The number of rotatable bonds is 5. The van der Waals surface area contributed by atoms with Crippen molar-refractivity contribution in [1.29, 1.82) is 0 Å². The van der Waals surface area contributed by atoms with Crippen LogP contribution in [0.25, 0.3) is 0 Å². The van der Waals surface area contributed by atoms with Crippen LogP contribution >= 0.6 is 0 Å². The lowest BCUT2D eigenvalue weighted by atomic mass is 10.1. The second kappa shape index (κ2) is 6.61. The second-order valence-electron chi connectivity index (χ2n) is 4.88. The lowest BCUT2D eigenvalue weighted by Gasteiger charge is -2.12. The van der Waals surface area contributed by atoms with Gasteiger partial charge in [-0.05, 0) is 18.1 Å². The molecule has 5 nitrogen and oxygen atoms in total. The van der Waals surface area contributed by atoms with E-state index in [4.69, 9.17) is 4.74 Å². The molecule has 1 atom stereocenters. The zero-order valence-corrected chi connectivity index (χ0v) is 12.6. The minimum atomic E-state index is -5.71. The molecule has 0 bridgehead atoms. The van der Waals surface area contributed by atoms with E-state index in [0.717, 1.165) is 11.6 Å². The topological polar surface area (TPSA) is 69.7 Å². The first-order valence-corrected chi connectivity index (χ1v) is 8.00. The summed E-state index contributed by atoms with van der Waals surface area (Å²) in [4.78, 5) is 11.8. The highest BCUT2D eigenvalue weighted by Crippen LogP contribution is 2.33. The molecule has 1 aliphatic rings. The van der Waals surface area contributed by atoms with Crippen molar-refractivity contribution in [2.24, 2.45) is 5.92 Å². The van der Waals surface area contributed by atoms with Crippen LogP contribution in [0.1, 0.15) is 18.4 Å². The highest BCUT2D eigenvalue weighted by atomic mass is 32.2. The van der Waals surface area contributed by atoms with Gasteiger partial charge in [0.05, 0.1) is 5.92 Å². The third kappa shape index (κ3) is 4.47. The molecular weight excluding hydrogens is 337 g/mol. The van der Waals surface area contributed by atoms with Crippen LogP contribution in [0.4, 0.5) is 13.2 Å². The molecule has 1 aromatic rings. The van der Waals surface area contributed by atoms with Crippen molar-refractivity contribution in [2.75, 3.05) is 0 Å². The largest absolute Gasteiger partial charge is 0.534 e. The number of ether oxygens (including phenoxy) is 1. The van der Waals surface area contributed by atoms with Crippen LogP contribution in [-0.2, 0) is 30.4 Å². The Bertz CT molecular complexity index is 695. The molecule has 9 heteroatoms. The van der Waals surface area contributed by atoms with Crippen LogP contribution in [0.3, 0.4) is 0 Å². The van der Waals surface area contributed by atoms with Gasteiger partial charge in [-0.3, -0.25) is 4.79 Å². The lowest BCUT2D eigenvalue weighted by molar-refractivity contribution is -0.149. The van der Waals surface area contributed by atoms with Crippen LogP contribution < -0.4 is 0 Å². The van der Waals surface area contributed by atoms with Gasteiger partial charge in [0, 0.05) is 6.42 Å². The maximum absolute atomic E-state index is 12.2. The van der Waals surface area contributed by atoms with Gasteiger partial charge in [-0.2, -0.15) is 21.6 Å². The molecule has 1 aromatic carbocycles. The molecule has 0 fully saturated rings. The standard InChI is InChI=1S/C14H13F3O5S/c15-14(16,17)23(19,20)22-12-7-6-11(8-12)13(18)21-9-10-4-2-1-3-5-10/h1-5,7,11H,6,8-9H2. The molecule has 0 heterocycles. The molecule has 0 saturated carbocycles. The van der Waals surface area contributed by atoms with Crippen LogP contribution in [0, 0.1) is 5.92 Å². The zero-order valence-electron chi connectivity index (χ0n) is 11.7. The van der Waals surface area contributed by atoms with Crippen LogP contribution in [0.2, 0.25) is 0 Å². The summed E-state index contributed by atoms with van der Waals surface area (Å²) in [5.74, 6) is -1.77. The molecule has 0 spiro atoms. The summed E-state index contributed by atoms with van der Waals surface area (Å²) < 4.78 is 67.5. The highest BCUT2D eigenvalue weighted by molar-refractivity contribution is 7.87. The van der Waals surface area contributed by atoms with E-state index in [-0.39, 0.29) is 19.4 Å². The smallest absolute Gasteiger partial charge is 0.461 e. The molecule has 0 N–H and O–H groups in total. The van der Waals surface area contributed by atoms with Gasteiger partial charge in [-0.1, -0.05) is 30.3 Å². The van der Waals surface area contributed by atoms with Crippen molar-refractivity contribution < 1.29 is 35.3 Å². The minimum Gasteiger partial charge on any atom is -0.461 e. The van der Waals surface area contributed by atoms with Crippen molar-refractivity contribution in [3.63, 3.8) is 0 Å². The predicted molar refractivity (Wildman–Crippen MR) is 73.1 cm³/mol. The Balaban J connectivity index is 1.86. The highest BCUT2D eigenvalue weighted by Gasteiger charge is 2.49. The lowest BCUT2D eigenvalue weighted by Crippen LogP contribution is -2.25. The van der Waals surface area contributed by atoms with E-state index in [1.54, 1.807) is 30.3 Å². The Morgan fingerprint density at radius 1 is 1.22 bits per heavy atom. The van der Waals surface area contributed by atoms with Crippen LogP contribution in [0.15, 0.2) is 42.2 Å². The van der Waals surface area contributed by atoms with E-state index in [0.29, 0.717) is 0 Å². The molecule has 23 heavy (non-hydrogen) atoms. The van der Waals surface area contributed by atoms with E-state index in [1.807, 2.05) is 0 Å². The molecule has 2 rings (SSSR count). The zero-order chi connectivity index (χ0) is 17.1. The summed E-state index contributed by atoms with van der Waals surface area (Å²) >= 11 is 0.